The van der Waals surface area contributed by atoms with Crippen LogP contribution in [0, 0.1) is 5.41 Å². The fraction of sp³-hybridized carbons (Fsp3) is 0.714. The van der Waals surface area contributed by atoms with Gasteiger partial charge in [0, 0.05) is 5.41 Å². The van der Waals surface area contributed by atoms with Crippen molar-refractivity contribution in [1.82, 2.24) is 0 Å². The van der Waals surface area contributed by atoms with Crippen LogP contribution in [-0.2, 0) is 0 Å². The molecule has 0 saturated carbocycles. The van der Waals surface area contributed by atoms with Gasteiger partial charge >= 0.3 is 0 Å². The van der Waals surface area contributed by atoms with Gasteiger partial charge in [0.25, 0.3) is 0 Å². The summed E-state index contributed by atoms with van der Waals surface area (Å²) in [7, 11) is 0. The summed E-state index contributed by atoms with van der Waals surface area (Å²) in [5.41, 5.74) is -0.708. The van der Waals surface area contributed by atoms with Crippen LogP contribution in [0.1, 0.15) is 6.92 Å². The van der Waals surface area contributed by atoms with E-state index in [1.165, 1.54) is 0 Å². The van der Waals surface area contributed by atoms with Crippen molar-refractivity contribution < 1.29 is 15.3 Å². The Hall–Kier alpha value is -0.380. The minimum Gasteiger partial charge on any atom is -0.396 e. The molecule has 0 aromatic carbocycles. The predicted octanol–water partition coefficient (Wildman–Crippen LogP) is -0.228. The van der Waals surface area contributed by atoms with Gasteiger partial charge in [0.05, 0.1) is 19.8 Å². The molecule has 10 heavy (non-hydrogen) atoms. The molecule has 3 nitrogen and oxygen atoms in total. The van der Waals surface area contributed by atoms with Crippen LogP contribution in [0.5, 0.6) is 0 Å². The van der Waals surface area contributed by atoms with Crippen molar-refractivity contribution in [2.75, 3.05) is 19.8 Å². The first-order valence-electron chi connectivity index (χ1n) is 3.01. The van der Waals surface area contributed by atoms with Crippen molar-refractivity contribution in [1.29, 1.82) is 0 Å². The van der Waals surface area contributed by atoms with Crippen LogP contribution in [0.25, 0.3) is 0 Å². The fourth-order valence-corrected chi connectivity index (χ4v) is 0.150. The van der Waals surface area contributed by atoms with E-state index in [9.17, 15) is 0 Å². The molecule has 0 amide bonds. The summed E-state index contributed by atoms with van der Waals surface area (Å²) in [6.07, 6.45) is 0. The van der Waals surface area contributed by atoms with Gasteiger partial charge in [0.15, 0.2) is 0 Å². The van der Waals surface area contributed by atoms with Gasteiger partial charge in [-0.1, -0.05) is 6.92 Å². The van der Waals surface area contributed by atoms with Crippen LogP contribution < -0.4 is 0 Å². The van der Waals surface area contributed by atoms with Gasteiger partial charge in [-0.25, -0.2) is 0 Å². The van der Waals surface area contributed by atoms with Crippen LogP contribution in [-0.4, -0.2) is 35.1 Å². The maximum absolute atomic E-state index is 8.47. The first kappa shape index (κ1) is 12.3. The van der Waals surface area contributed by atoms with Crippen molar-refractivity contribution in [2.45, 2.75) is 6.92 Å². The van der Waals surface area contributed by atoms with Crippen LogP contribution in [0.4, 0.5) is 0 Å². The van der Waals surface area contributed by atoms with Crippen LogP contribution in [0.2, 0.25) is 0 Å². The Morgan fingerprint density at radius 3 is 1.20 bits per heavy atom. The molecule has 3 heteroatoms. The second kappa shape index (κ2) is 6.74. The summed E-state index contributed by atoms with van der Waals surface area (Å²) in [5, 5.41) is 25.4. The van der Waals surface area contributed by atoms with E-state index in [1.807, 2.05) is 0 Å². The summed E-state index contributed by atoms with van der Waals surface area (Å²) >= 11 is 0. The molecule has 0 aliphatic rings. The maximum atomic E-state index is 8.47. The number of aliphatic hydroxyl groups excluding tert-OH is 3. The summed E-state index contributed by atoms with van der Waals surface area (Å²) < 4.78 is 0. The minimum atomic E-state index is -0.708. The second-order valence-electron chi connectivity index (χ2n) is 2.29. The topological polar surface area (TPSA) is 60.7 Å². The molecule has 0 aromatic rings. The molecule has 0 saturated heterocycles. The number of rotatable bonds is 3. The average molecular weight is 148 g/mol. The highest BCUT2D eigenvalue weighted by Gasteiger charge is 2.20. The smallest absolute Gasteiger partial charge is 0.0528 e. The zero-order valence-electron chi connectivity index (χ0n) is 6.38. The van der Waals surface area contributed by atoms with Crippen molar-refractivity contribution in [2.24, 2.45) is 5.41 Å². The molecule has 0 radical (unpaired) electrons. The van der Waals surface area contributed by atoms with E-state index in [0.29, 0.717) is 0 Å². The Labute approximate surface area is 61.6 Å². The SMILES string of the molecule is C=C.CC(CO)(CO)CO. The summed E-state index contributed by atoms with van der Waals surface area (Å²) in [6.45, 7) is 7.06. The molecule has 0 aromatic heterocycles. The Morgan fingerprint density at radius 2 is 1.20 bits per heavy atom. The molecule has 3 N–H and O–H groups in total. The third-order valence-corrected chi connectivity index (χ3v) is 1.15. The summed E-state index contributed by atoms with van der Waals surface area (Å²) in [4.78, 5) is 0. The molecule has 0 atom stereocenters. The van der Waals surface area contributed by atoms with E-state index in [-0.39, 0.29) is 19.8 Å². The summed E-state index contributed by atoms with van der Waals surface area (Å²) in [6, 6.07) is 0. The highest BCUT2D eigenvalue weighted by molar-refractivity contribution is 4.69. The Kier molecular flexibility index (Phi) is 8.29. The second-order valence-corrected chi connectivity index (χ2v) is 2.29. The zero-order valence-corrected chi connectivity index (χ0v) is 6.38. The van der Waals surface area contributed by atoms with Crippen molar-refractivity contribution in [3.63, 3.8) is 0 Å². The van der Waals surface area contributed by atoms with Crippen LogP contribution >= 0.6 is 0 Å². The van der Waals surface area contributed by atoms with Crippen molar-refractivity contribution in [3.05, 3.63) is 13.2 Å². The van der Waals surface area contributed by atoms with E-state index in [2.05, 4.69) is 13.2 Å². The lowest BCUT2D eigenvalue weighted by atomic mass is 9.95. The molecular formula is C7H16O3. The van der Waals surface area contributed by atoms with E-state index >= 15 is 0 Å². The number of hydrogen-bond donors (Lipinski definition) is 3. The molecule has 0 aliphatic carbocycles. The lowest BCUT2D eigenvalue weighted by Gasteiger charge is -2.20. The lowest BCUT2D eigenvalue weighted by Crippen LogP contribution is -2.29. The zero-order chi connectivity index (χ0) is 8.62. The molecule has 0 heterocycles. The third-order valence-electron chi connectivity index (χ3n) is 1.15. The molecule has 0 fully saturated rings. The monoisotopic (exact) mass is 148 g/mol. The molecule has 0 unspecified atom stereocenters. The molecule has 0 rings (SSSR count). The quantitative estimate of drug-likeness (QED) is 0.484. The van der Waals surface area contributed by atoms with Gasteiger partial charge in [-0.05, 0) is 0 Å². The van der Waals surface area contributed by atoms with Crippen molar-refractivity contribution >= 4 is 0 Å². The fourth-order valence-electron chi connectivity index (χ4n) is 0.150. The highest BCUT2D eigenvalue weighted by Crippen LogP contribution is 2.10. The number of aliphatic hydroxyl groups is 3. The van der Waals surface area contributed by atoms with Crippen LogP contribution in [0.3, 0.4) is 0 Å². The Morgan fingerprint density at radius 1 is 1.00 bits per heavy atom. The van der Waals surface area contributed by atoms with E-state index < -0.39 is 5.41 Å². The maximum Gasteiger partial charge on any atom is 0.0528 e. The van der Waals surface area contributed by atoms with Gasteiger partial charge in [0.1, 0.15) is 0 Å². The van der Waals surface area contributed by atoms with Gasteiger partial charge < -0.3 is 15.3 Å². The van der Waals surface area contributed by atoms with Gasteiger partial charge in [0.2, 0.25) is 0 Å². The van der Waals surface area contributed by atoms with Gasteiger partial charge in [-0.2, -0.15) is 0 Å². The molecule has 0 aliphatic heterocycles. The minimum absolute atomic E-state index is 0.181. The first-order chi connectivity index (χ1) is 4.68. The van der Waals surface area contributed by atoms with Gasteiger partial charge in [-0.15, -0.1) is 13.2 Å². The highest BCUT2D eigenvalue weighted by atomic mass is 16.3. The number of hydrogen-bond acceptors (Lipinski definition) is 3. The third kappa shape index (κ3) is 4.49. The molecular weight excluding hydrogens is 132 g/mol. The summed E-state index contributed by atoms with van der Waals surface area (Å²) in [5.74, 6) is 0. The van der Waals surface area contributed by atoms with E-state index in [0.717, 1.165) is 0 Å². The predicted molar refractivity (Wildman–Crippen MR) is 40.6 cm³/mol. The molecule has 62 valence electrons. The lowest BCUT2D eigenvalue weighted by molar-refractivity contribution is 0.0200. The molecule has 0 spiro atoms. The Bertz CT molecular complexity index is 61.0. The van der Waals surface area contributed by atoms with Gasteiger partial charge in [-0.3, -0.25) is 0 Å². The Balaban J connectivity index is 0. The molecule has 0 bridgehead atoms. The first-order valence-corrected chi connectivity index (χ1v) is 3.01. The average Bonchev–Trinajstić information content (AvgIpc) is 2.07. The van der Waals surface area contributed by atoms with E-state index in [4.69, 9.17) is 15.3 Å². The standard InChI is InChI=1S/C5H12O3.C2H4/c1-5(2-6,3-7)4-8;1-2/h6-8H,2-4H2,1H3;1-2H2. The van der Waals surface area contributed by atoms with Crippen molar-refractivity contribution in [3.8, 4) is 0 Å². The van der Waals surface area contributed by atoms with E-state index in [1.54, 1.807) is 6.92 Å². The normalized spacial score (nSPS) is 10.0. The largest absolute Gasteiger partial charge is 0.396 e. The van der Waals surface area contributed by atoms with Crippen LogP contribution in [0.15, 0.2) is 13.2 Å².